The Morgan fingerprint density at radius 3 is 2.58 bits per heavy atom. The van der Waals surface area contributed by atoms with Gasteiger partial charge in [0.15, 0.2) is 10.8 Å². The van der Waals surface area contributed by atoms with Gasteiger partial charge >= 0.3 is 0 Å². The second kappa shape index (κ2) is 7.80. The Morgan fingerprint density at radius 2 is 1.94 bits per heavy atom. The van der Waals surface area contributed by atoms with Gasteiger partial charge in [-0.3, -0.25) is 4.90 Å². The summed E-state index contributed by atoms with van der Waals surface area (Å²) in [5.41, 5.74) is 3.42. The number of nitrogens with zero attached hydrogens (tertiary/aromatic N) is 6. The number of aliphatic hydroxyl groups excluding tert-OH is 1. The van der Waals surface area contributed by atoms with Crippen molar-refractivity contribution in [3.05, 3.63) is 55.8 Å². The summed E-state index contributed by atoms with van der Waals surface area (Å²) >= 11 is 18.8. The molecule has 1 N–H and O–H groups in total. The number of β-amino-alcohol motifs (C(OH)–C–C–N with tert-alkyl or cyclic N) is 1. The van der Waals surface area contributed by atoms with E-state index in [0.717, 1.165) is 35.7 Å². The van der Waals surface area contributed by atoms with Crippen LogP contribution in [-0.4, -0.2) is 62.9 Å². The van der Waals surface area contributed by atoms with Crippen LogP contribution in [0, 0.1) is 18.3 Å². The fraction of sp³-hybridized carbons (Fsp3) is 0.381. The SMILES string of the molecule is Cc1nc2c(C#N)c(Cl)nn2c(N2CC(N3CC(O)C3)C2)c1Cc1ccc(Cl)cc1Cl. The van der Waals surface area contributed by atoms with Crippen LogP contribution in [0.5, 0.6) is 0 Å². The Bertz CT molecular complexity index is 1220. The second-order valence-electron chi connectivity index (χ2n) is 8.09. The molecule has 0 amide bonds. The van der Waals surface area contributed by atoms with Crippen LogP contribution in [0.15, 0.2) is 18.2 Å². The van der Waals surface area contributed by atoms with Gasteiger partial charge < -0.3 is 10.0 Å². The molecule has 160 valence electrons. The zero-order valence-corrected chi connectivity index (χ0v) is 19.0. The van der Waals surface area contributed by atoms with Gasteiger partial charge in [0.05, 0.1) is 6.10 Å². The van der Waals surface area contributed by atoms with E-state index < -0.39 is 0 Å². The number of nitriles is 1. The van der Waals surface area contributed by atoms with E-state index in [1.54, 1.807) is 10.6 Å². The molecule has 5 rings (SSSR count). The van der Waals surface area contributed by atoms with Crippen LogP contribution in [-0.2, 0) is 6.42 Å². The van der Waals surface area contributed by atoms with Crippen molar-refractivity contribution in [1.82, 2.24) is 19.5 Å². The fourth-order valence-corrected chi connectivity index (χ4v) is 4.96. The van der Waals surface area contributed by atoms with Crippen LogP contribution in [0.1, 0.15) is 22.4 Å². The first-order valence-corrected chi connectivity index (χ1v) is 11.1. The van der Waals surface area contributed by atoms with Crippen molar-refractivity contribution < 1.29 is 5.11 Å². The summed E-state index contributed by atoms with van der Waals surface area (Å²) in [6.07, 6.45) is 0.318. The smallest absolute Gasteiger partial charge is 0.177 e. The summed E-state index contributed by atoms with van der Waals surface area (Å²) in [6, 6.07) is 7.95. The molecule has 1 aromatic carbocycles. The highest BCUT2D eigenvalue weighted by Crippen LogP contribution is 2.35. The van der Waals surface area contributed by atoms with Crippen molar-refractivity contribution in [2.24, 2.45) is 0 Å². The third-order valence-electron chi connectivity index (χ3n) is 6.06. The van der Waals surface area contributed by atoms with Crippen molar-refractivity contribution in [1.29, 1.82) is 5.26 Å². The van der Waals surface area contributed by atoms with E-state index in [1.165, 1.54) is 0 Å². The number of benzene rings is 1. The van der Waals surface area contributed by atoms with Crippen molar-refractivity contribution in [2.45, 2.75) is 25.5 Å². The van der Waals surface area contributed by atoms with E-state index >= 15 is 0 Å². The summed E-state index contributed by atoms with van der Waals surface area (Å²) in [6.45, 7) is 4.94. The van der Waals surface area contributed by atoms with Gasteiger partial charge in [-0.15, -0.1) is 0 Å². The third-order valence-corrected chi connectivity index (χ3v) is 6.91. The number of anilines is 1. The molecule has 2 fully saturated rings. The molecule has 0 atom stereocenters. The average Bonchev–Trinajstić information content (AvgIpc) is 2.97. The first-order chi connectivity index (χ1) is 14.9. The predicted octanol–water partition coefficient (Wildman–Crippen LogP) is 3.33. The molecule has 0 bridgehead atoms. The fourth-order valence-electron chi connectivity index (χ4n) is 4.28. The van der Waals surface area contributed by atoms with Crippen molar-refractivity contribution in [3.8, 4) is 6.07 Å². The number of likely N-dealkylation sites (tertiary alicyclic amines) is 1. The molecule has 2 saturated heterocycles. The van der Waals surface area contributed by atoms with Gasteiger partial charge in [0, 0.05) is 59.9 Å². The third kappa shape index (κ3) is 3.53. The number of aromatic nitrogens is 3. The van der Waals surface area contributed by atoms with Crippen LogP contribution in [0.3, 0.4) is 0 Å². The molecule has 2 aliphatic heterocycles. The van der Waals surface area contributed by atoms with Gasteiger partial charge in [0.1, 0.15) is 17.5 Å². The predicted molar refractivity (Wildman–Crippen MR) is 120 cm³/mol. The lowest BCUT2D eigenvalue weighted by Crippen LogP contribution is -2.67. The number of halogens is 3. The molecule has 2 aliphatic rings. The van der Waals surface area contributed by atoms with E-state index in [-0.39, 0.29) is 16.8 Å². The number of aryl methyl sites for hydroxylation is 1. The number of hydrogen-bond acceptors (Lipinski definition) is 6. The maximum atomic E-state index is 9.62. The van der Waals surface area contributed by atoms with Gasteiger partial charge in [-0.2, -0.15) is 14.9 Å². The van der Waals surface area contributed by atoms with Crippen LogP contribution in [0.4, 0.5) is 5.82 Å². The molecule has 7 nitrogen and oxygen atoms in total. The molecule has 0 aliphatic carbocycles. The Kier molecular flexibility index (Phi) is 5.24. The van der Waals surface area contributed by atoms with Gasteiger partial charge in [0.2, 0.25) is 0 Å². The molecule has 0 spiro atoms. The lowest BCUT2D eigenvalue weighted by Gasteiger charge is -2.51. The molecule has 2 aromatic heterocycles. The second-order valence-corrected chi connectivity index (χ2v) is 9.29. The summed E-state index contributed by atoms with van der Waals surface area (Å²) in [5, 5.41) is 24.9. The minimum atomic E-state index is -0.227. The Labute approximate surface area is 194 Å². The zero-order valence-electron chi connectivity index (χ0n) is 16.7. The standard InChI is InChI=1S/C21H19Cl3N6O/c1-11-16(4-12-2-3-13(22)5-18(12)23)21(29-7-14(8-29)28-9-15(31)10-28)30-20(26-11)17(6-25)19(24)27-30/h2-3,5,14-15,31H,4,7-10H2,1H3. The molecule has 0 saturated carbocycles. The molecule has 0 unspecified atom stereocenters. The van der Waals surface area contributed by atoms with Crippen LogP contribution >= 0.6 is 34.8 Å². The molecule has 0 radical (unpaired) electrons. The molecule has 3 aromatic rings. The first kappa shape index (κ1) is 20.8. The summed E-state index contributed by atoms with van der Waals surface area (Å²) in [7, 11) is 0. The van der Waals surface area contributed by atoms with E-state index in [1.807, 2.05) is 19.1 Å². The van der Waals surface area contributed by atoms with E-state index in [2.05, 4.69) is 26.0 Å². The topological polar surface area (TPSA) is 80.7 Å². The highest BCUT2D eigenvalue weighted by Gasteiger charge is 2.40. The van der Waals surface area contributed by atoms with Gasteiger partial charge in [-0.1, -0.05) is 40.9 Å². The minimum Gasteiger partial charge on any atom is -0.390 e. The van der Waals surface area contributed by atoms with Crippen molar-refractivity contribution in [3.63, 3.8) is 0 Å². The Hall–Kier alpha value is -2.08. The lowest BCUT2D eigenvalue weighted by molar-refractivity contribution is -0.0313. The minimum absolute atomic E-state index is 0.139. The van der Waals surface area contributed by atoms with Gasteiger partial charge in [-0.25, -0.2) is 4.98 Å². The zero-order chi connectivity index (χ0) is 21.9. The normalized spacial score (nSPS) is 17.6. The maximum Gasteiger partial charge on any atom is 0.177 e. The molecular weight excluding hydrogens is 459 g/mol. The highest BCUT2D eigenvalue weighted by atomic mass is 35.5. The molecule has 31 heavy (non-hydrogen) atoms. The first-order valence-electron chi connectivity index (χ1n) is 9.94. The number of aliphatic hydroxyl groups is 1. The molecule has 4 heterocycles. The largest absolute Gasteiger partial charge is 0.390 e. The number of rotatable bonds is 4. The Balaban J connectivity index is 1.58. The summed E-state index contributed by atoms with van der Waals surface area (Å²) < 4.78 is 1.67. The van der Waals surface area contributed by atoms with Crippen molar-refractivity contribution in [2.75, 3.05) is 31.1 Å². The molecule has 10 heteroatoms. The lowest BCUT2D eigenvalue weighted by atomic mass is 9.98. The quantitative estimate of drug-likeness (QED) is 0.621. The monoisotopic (exact) mass is 476 g/mol. The molecular formula is C21H19Cl3N6O. The maximum absolute atomic E-state index is 9.62. The summed E-state index contributed by atoms with van der Waals surface area (Å²) in [5.74, 6) is 0.870. The van der Waals surface area contributed by atoms with E-state index in [9.17, 15) is 10.4 Å². The van der Waals surface area contributed by atoms with E-state index in [0.29, 0.717) is 41.2 Å². The van der Waals surface area contributed by atoms with Gasteiger partial charge in [0.25, 0.3) is 0 Å². The van der Waals surface area contributed by atoms with Crippen LogP contribution < -0.4 is 4.90 Å². The van der Waals surface area contributed by atoms with E-state index in [4.69, 9.17) is 34.8 Å². The van der Waals surface area contributed by atoms with Crippen molar-refractivity contribution >= 4 is 46.3 Å². The van der Waals surface area contributed by atoms with Crippen LogP contribution in [0.25, 0.3) is 5.65 Å². The summed E-state index contributed by atoms with van der Waals surface area (Å²) in [4.78, 5) is 9.16. The highest BCUT2D eigenvalue weighted by molar-refractivity contribution is 6.35. The average molecular weight is 478 g/mol. The number of fused-ring (bicyclic) bond motifs is 1. The number of hydrogen-bond donors (Lipinski definition) is 1. The van der Waals surface area contributed by atoms with Crippen LogP contribution in [0.2, 0.25) is 15.2 Å². The van der Waals surface area contributed by atoms with Gasteiger partial charge in [-0.05, 0) is 24.6 Å². The Morgan fingerprint density at radius 1 is 1.19 bits per heavy atom.